The molecule has 108 valence electrons. The van der Waals surface area contributed by atoms with Gasteiger partial charge in [0.25, 0.3) is 0 Å². The lowest BCUT2D eigenvalue weighted by molar-refractivity contribution is 0.0697. The third-order valence-electron chi connectivity index (χ3n) is 2.66. The van der Waals surface area contributed by atoms with Crippen LogP contribution >= 0.6 is 11.3 Å². The first-order valence-electron chi connectivity index (χ1n) is 5.76. The number of aromatic nitrogens is 1. The Hall–Kier alpha value is -1.67. The molecular formula is C12H14N2O4S2. The van der Waals surface area contributed by atoms with Crippen molar-refractivity contribution in [3.8, 4) is 0 Å². The monoisotopic (exact) mass is 314 g/mol. The highest BCUT2D eigenvalue weighted by Gasteiger charge is 2.29. The molecule has 0 radical (unpaired) electrons. The Morgan fingerprint density at radius 1 is 1.35 bits per heavy atom. The number of aromatic carboxylic acids is 1. The first-order chi connectivity index (χ1) is 9.10. The normalized spacial score (nSPS) is 12.6. The molecule has 0 bridgehead atoms. The maximum Gasteiger partial charge on any atom is 0.335 e. The summed E-state index contributed by atoms with van der Waals surface area (Å²) in [4.78, 5) is 15.0. The highest BCUT2D eigenvalue weighted by Crippen LogP contribution is 2.29. The molecule has 0 amide bonds. The van der Waals surface area contributed by atoms with Crippen molar-refractivity contribution in [2.75, 3.05) is 4.72 Å². The Bertz CT molecular complexity index is 772. The van der Waals surface area contributed by atoms with Gasteiger partial charge in [-0.3, -0.25) is 4.72 Å². The van der Waals surface area contributed by atoms with Crippen LogP contribution in [0.5, 0.6) is 0 Å². The summed E-state index contributed by atoms with van der Waals surface area (Å²) in [6.07, 6.45) is 0. The number of nitrogens with zero attached hydrogens (tertiary/aromatic N) is 1. The average molecular weight is 314 g/mol. The zero-order chi connectivity index (χ0) is 15.1. The van der Waals surface area contributed by atoms with Crippen molar-refractivity contribution >= 4 is 42.7 Å². The number of carboxylic acids is 1. The molecule has 0 saturated heterocycles. The first-order valence-corrected chi connectivity index (χ1v) is 8.06. The second-order valence-corrected chi connectivity index (χ2v) is 8.69. The summed E-state index contributed by atoms with van der Waals surface area (Å²) in [5, 5.41) is 9.15. The Balaban J connectivity index is 2.41. The van der Waals surface area contributed by atoms with E-state index in [9.17, 15) is 13.2 Å². The molecule has 1 aromatic heterocycles. The standard InChI is InChI=1S/C12H14N2O4S2/c1-12(2,3)20(17,18)14-11-13-8-5-4-7(10(15)16)6-9(8)19-11/h4-6H,1-3H3,(H,13,14)(H,15,16). The first kappa shape index (κ1) is 14.7. The van der Waals surface area contributed by atoms with Crippen LogP contribution in [0.2, 0.25) is 0 Å². The van der Waals surface area contributed by atoms with Crippen molar-refractivity contribution in [3.05, 3.63) is 23.8 Å². The van der Waals surface area contributed by atoms with E-state index in [0.717, 1.165) is 11.3 Å². The van der Waals surface area contributed by atoms with Crippen molar-refractivity contribution in [2.24, 2.45) is 0 Å². The van der Waals surface area contributed by atoms with Gasteiger partial charge in [-0.15, -0.1) is 0 Å². The Kier molecular flexibility index (Phi) is 3.47. The van der Waals surface area contributed by atoms with Gasteiger partial charge in [0, 0.05) is 0 Å². The van der Waals surface area contributed by atoms with E-state index in [2.05, 4.69) is 9.71 Å². The fourth-order valence-electron chi connectivity index (χ4n) is 1.37. The van der Waals surface area contributed by atoms with Gasteiger partial charge in [-0.1, -0.05) is 11.3 Å². The Labute approximate surface area is 120 Å². The molecule has 0 fully saturated rings. The number of hydrogen-bond donors (Lipinski definition) is 2. The van der Waals surface area contributed by atoms with Gasteiger partial charge >= 0.3 is 5.97 Å². The predicted molar refractivity (Wildman–Crippen MR) is 78.9 cm³/mol. The SMILES string of the molecule is CC(C)(C)S(=O)(=O)Nc1nc2ccc(C(=O)O)cc2s1. The molecule has 1 heterocycles. The lowest BCUT2D eigenvalue weighted by Crippen LogP contribution is -2.33. The summed E-state index contributed by atoms with van der Waals surface area (Å²) in [5.41, 5.74) is 0.706. The van der Waals surface area contributed by atoms with Crippen LogP contribution in [0.3, 0.4) is 0 Å². The van der Waals surface area contributed by atoms with Gasteiger partial charge in [0.15, 0.2) is 5.13 Å². The number of carboxylic acid groups (broad SMARTS) is 1. The second kappa shape index (κ2) is 4.71. The molecular weight excluding hydrogens is 300 g/mol. The molecule has 2 N–H and O–H groups in total. The molecule has 2 rings (SSSR count). The lowest BCUT2D eigenvalue weighted by atomic mass is 10.2. The summed E-state index contributed by atoms with van der Waals surface area (Å²) in [5.74, 6) is -1.03. The molecule has 2 aromatic rings. The quantitative estimate of drug-likeness (QED) is 0.907. The maximum absolute atomic E-state index is 12.0. The largest absolute Gasteiger partial charge is 0.478 e. The zero-order valence-electron chi connectivity index (χ0n) is 11.2. The number of anilines is 1. The third kappa shape index (κ3) is 2.75. The number of sulfonamides is 1. The minimum Gasteiger partial charge on any atom is -0.478 e. The summed E-state index contributed by atoms with van der Waals surface area (Å²) in [6, 6.07) is 4.47. The molecule has 0 saturated carbocycles. The number of nitrogens with one attached hydrogen (secondary N) is 1. The van der Waals surface area contributed by atoms with E-state index in [1.807, 2.05) is 0 Å². The van der Waals surface area contributed by atoms with E-state index >= 15 is 0 Å². The number of rotatable bonds is 3. The van der Waals surface area contributed by atoms with Gasteiger partial charge in [0.05, 0.1) is 20.5 Å². The topological polar surface area (TPSA) is 96.4 Å². The number of benzene rings is 1. The molecule has 0 aliphatic rings. The van der Waals surface area contributed by atoms with Crippen LogP contribution in [-0.2, 0) is 10.0 Å². The average Bonchev–Trinajstić information content (AvgIpc) is 2.67. The number of thiazole rings is 1. The molecule has 0 aliphatic heterocycles. The van der Waals surface area contributed by atoms with Crippen LogP contribution in [0, 0.1) is 0 Å². The lowest BCUT2D eigenvalue weighted by Gasteiger charge is -2.18. The van der Waals surface area contributed by atoms with E-state index in [1.165, 1.54) is 12.1 Å². The van der Waals surface area contributed by atoms with Crippen LogP contribution in [0.15, 0.2) is 18.2 Å². The molecule has 8 heteroatoms. The number of fused-ring (bicyclic) bond motifs is 1. The van der Waals surface area contributed by atoms with Gasteiger partial charge in [0.1, 0.15) is 0 Å². The van der Waals surface area contributed by atoms with Crippen molar-refractivity contribution in [1.29, 1.82) is 0 Å². The molecule has 1 aromatic carbocycles. The van der Waals surface area contributed by atoms with Crippen molar-refractivity contribution in [3.63, 3.8) is 0 Å². The van der Waals surface area contributed by atoms with Crippen LogP contribution in [0.1, 0.15) is 31.1 Å². The molecule has 0 unspecified atom stereocenters. The van der Waals surface area contributed by atoms with Gasteiger partial charge in [0.2, 0.25) is 10.0 Å². The summed E-state index contributed by atoms with van der Waals surface area (Å²) >= 11 is 1.11. The molecule has 0 spiro atoms. The fourth-order valence-corrected chi connectivity index (χ4v) is 3.20. The molecule has 6 nitrogen and oxygen atoms in total. The zero-order valence-corrected chi connectivity index (χ0v) is 12.8. The Morgan fingerprint density at radius 2 is 2.00 bits per heavy atom. The molecule has 0 aliphatic carbocycles. The van der Waals surface area contributed by atoms with Crippen LogP contribution < -0.4 is 4.72 Å². The van der Waals surface area contributed by atoms with E-state index in [4.69, 9.17) is 5.11 Å². The van der Waals surface area contributed by atoms with E-state index in [0.29, 0.717) is 10.2 Å². The second-order valence-electron chi connectivity index (χ2n) is 5.22. The maximum atomic E-state index is 12.0. The van der Waals surface area contributed by atoms with Crippen molar-refractivity contribution in [1.82, 2.24) is 4.98 Å². The summed E-state index contributed by atoms with van der Waals surface area (Å²) < 4.78 is 26.2. The summed E-state index contributed by atoms with van der Waals surface area (Å²) in [7, 11) is -3.54. The number of hydrogen-bond acceptors (Lipinski definition) is 5. The van der Waals surface area contributed by atoms with Crippen molar-refractivity contribution in [2.45, 2.75) is 25.5 Å². The number of carbonyl (C=O) groups is 1. The van der Waals surface area contributed by atoms with Gasteiger partial charge < -0.3 is 5.11 Å². The minimum absolute atomic E-state index is 0.145. The van der Waals surface area contributed by atoms with Gasteiger partial charge in [-0.2, -0.15) is 0 Å². The fraction of sp³-hybridized carbons (Fsp3) is 0.333. The van der Waals surface area contributed by atoms with E-state index in [-0.39, 0.29) is 10.7 Å². The molecule has 0 atom stereocenters. The van der Waals surface area contributed by atoms with E-state index < -0.39 is 20.7 Å². The van der Waals surface area contributed by atoms with Crippen LogP contribution in [0.4, 0.5) is 5.13 Å². The van der Waals surface area contributed by atoms with Crippen molar-refractivity contribution < 1.29 is 18.3 Å². The minimum atomic E-state index is -3.54. The highest BCUT2D eigenvalue weighted by molar-refractivity contribution is 7.94. The highest BCUT2D eigenvalue weighted by atomic mass is 32.2. The predicted octanol–water partition coefficient (Wildman–Crippen LogP) is 2.53. The van der Waals surface area contributed by atoms with Gasteiger partial charge in [-0.25, -0.2) is 18.2 Å². The van der Waals surface area contributed by atoms with Crippen LogP contribution in [0.25, 0.3) is 10.2 Å². The molecule has 20 heavy (non-hydrogen) atoms. The van der Waals surface area contributed by atoms with E-state index in [1.54, 1.807) is 26.8 Å². The summed E-state index contributed by atoms with van der Waals surface area (Å²) in [6.45, 7) is 4.77. The van der Waals surface area contributed by atoms with Crippen LogP contribution in [-0.4, -0.2) is 29.2 Å². The third-order valence-corrected chi connectivity index (χ3v) is 5.80. The van der Waals surface area contributed by atoms with Gasteiger partial charge in [-0.05, 0) is 39.0 Å². The Morgan fingerprint density at radius 3 is 2.55 bits per heavy atom. The smallest absolute Gasteiger partial charge is 0.335 e.